The van der Waals surface area contributed by atoms with Gasteiger partial charge in [0.15, 0.2) is 0 Å². The summed E-state index contributed by atoms with van der Waals surface area (Å²) >= 11 is 0. The number of hydrogen-bond acceptors (Lipinski definition) is 4. The van der Waals surface area contributed by atoms with Crippen LogP contribution in [0.2, 0.25) is 0 Å². The zero-order chi connectivity index (χ0) is 35.6. The van der Waals surface area contributed by atoms with E-state index in [1.54, 1.807) is 6.92 Å². The number of imide groups is 1. The van der Waals surface area contributed by atoms with Crippen LogP contribution in [0.25, 0.3) is 22.3 Å². The molecule has 4 atom stereocenters. The maximum Gasteiger partial charge on any atom is 0.306 e. The number of carbonyl (C=O) groups excluding carboxylic acids is 2. The van der Waals surface area contributed by atoms with Crippen LogP contribution in [0.4, 0.5) is 0 Å². The van der Waals surface area contributed by atoms with Crippen molar-refractivity contribution in [1.82, 2.24) is 4.90 Å². The molecule has 0 aromatic heterocycles. The third-order valence-corrected chi connectivity index (χ3v) is 9.24. The summed E-state index contributed by atoms with van der Waals surface area (Å²) in [6.45, 7) is 9.28. The van der Waals surface area contributed by atoms with Gasteiger partial charge in [-0.1, -0.05) is 150 Å². The molecule has 49 heavy (non-hydrogen) atoms. The van der Waals surface area contributed by atoms with Crippen LogP contribution in [0, 0.1) is 17.3 Å². The van der Waals surface area contributed by atoms with E-state index in [0.29, 0.717) is 12.8 Å². The average Bonchev–Trinajstić information content (AvgIpc) is 3.37. The van der Waals surface area contributed by atoms with E-state index in [9.17, 15) is 14.4 Å². The van der Waals surface area contributed by atoms with Crippen molar-refractivity contribution in [2.75, 3.05) is 0 Å². The number of nitrogens with zero attached hydrogens (tertiary/aromatic N) is 1. The van der Waals surface area contributed by atoms with Crippen molar-refractivity contribution in [2.24, 2.45) is 23.0 Å². The number of carboxylic acid groups (broad SMARTS) is 1. The molecule has 0 bridgehead atoms. The molecule has 1 aliphatic rings. The monoisotopic (exact) mass is 660 g/mol. The number of carbonyl (C=O) groups is 3. The fraction of sp³-hybridized carbons (Fsp3) is 0.372. The Balaban J connectivity index is 0.000000223. The molecular weight excluding hydrogens is 608 g/mol. The Morgan fingerprint density at radius 3 is 1.71 bits per heavy atom. The van der Waals surface area contributed by atoms with E-state index in [2.05, 4.69) is 72.8 Å². The van der Waals surface area contributed by atoms with Crippen LogP contribution in [-0.4, -0.2) is 39.9 Å². The van der Waals surface area contributed by atoms with Gasteiger partial charge in [-0.3, -0.25) is 19.3 Å². The molecule has 3 N–H and O–H groups in total. The van der Waals surface area contributed by atoms with E-state index >= 15 is 0 Å². The third-order valence-electron chi connectivity index (χ3n) is 9.24. The summed E-state index contributed by atoms with van der Waals surface area (Å²) in [5.74, 6) is -1.20. The van der Waals surface area contributed by atoms with Crippen molar-refractivity contribution in [2.45, 2.75) is 85.2 Å². The molecule has 2 unspecified atom stereocenters. The van der Waals surface area contributed by atoms with Crippen LogP contribution in [0.15, 0.2) is 109 Å². The van der Waals surface area contributed by atoms with Gasteiger partial charge in [0.1, 0.15) is 0 Å². The number of benzene rings is 4. The zero-order valence-electron chi connectivity index (χ0n) is 29.6. The Labute approximate surface area is 292 Å². The minimum absolute atomic E-state index is 0.0316. The molecule has 1 aliphatic heterocycles. The predicted molar refractivity (Wildman–Crippen MR) is 199 cm³/mol. The lowest BCUT2D eigenvalue weighted by molar-refractivity contribution is -0.150. The van der Waals surface area contributed by atoms with Gasteiger partial charge in [-0.05, 0) is 65.5 Å². The third kappa shape index (κ3) is 10.7. The van der Waals surface area contributed by atoms with Gasteiger partial charge in [-0.2, -0.15) is 0 Å². The molecule has 1 fully saturated rings. The Hall–Kier alpha value is -4.55. The maximum absolute atomic E-state index is 12.8. The predicted octanol–water partition coefficient (Wildman–Crippen LogP) is 8.82. The number of amides is 2. The summed E-state index contributed by atoms with van der Waals surface area (Å²) in [6.07, 6.45) is 4.69. The fourth-order valence-corrected chi connectivity index (χ4v) is 6.25. The van der Waals surface area contributed by atoms with E-state index in [1.807, 2.05) is 64.1 Å². The van der Waals surface area contributed by atoms with E-state index in [0.717, 1.165) is 31.2 Å². The Morgan fingerprint density at radius 1 is 0.776 bits per heavy atom. The van der Waals surface area contributed by atoms with E-state index in [4.69, 9.17) is 10.8 Å². The molecule has 1 heterocycles. The molecule has 4 aromatic carbocycles. The van der Waals surface area contributed by atoms with E-state index < -0.39 is 11.4 Å². The molecule has 5 rings (SSSR count). The minimum Gasteiger partial charge on any atom is -0.481 e. The first-order valence-electron chi connectivity index (χ1n) is 17.5. The van der Waals surface area contributed by atoms with Gasteiger partial charge in [0.05, 0.1) is 5.92 Å². The van der Waals surface area contributed by atoms with Crippen molar-refractivity contribution >= 4 is 17.8 Å². The van der Waals surface area contributed by atoms with Gasteiger partial charge in [0, 0.05) is 23.4 Å². The zero-order valence-corrected chi connectivity index (χ0v) is 29.6. The van der Waals surface area contributed by atoms with Crippen LogP contribution >= 0.6 is 0 Å². The molecule has 0 spiro atoms. The number of likely N-dealkylation sites (tertiary alicyclic amines) is 1. The lowest BCUT2D eigenvalue weighted by Gasteiger charge is -2.29. The van der Waals surface area contributed by atoms with Crippen LogP contribution in [0.3, 0.4) is 0 Å². The molecule has 2 amide bonds. The van der Waals surface area contributed by atoms with Crippen molar-refractivity contribution in [3.8, 4) is 22.3 Å². The van der Waals surface area contributed by atoms with Crippen LogP contribution in [0.1, 0.15) is 71.4 Å². The Kier molecular flexibility index (Phi) is 13.1. The molecule has 6 nitrogen and oxygen atoms in total. The Bertz CT molecular complexity index is 1640. The lowest BCUT2D eigenvalue weighted by Crippen LogP contribution is -2.46. The average molecular weight is 661 g/mol. The molecule has 4 aromatic rings. The number of nitrogens with two attached hydrogens (primary N) is 1. The van der Waals surface area contributed by atoms with Crippen molar-refractivity contribution in [3.63, 3.8) is 0 Å². The number of aliphatic carboxylic acids is 1. The highest BCUT2D eigenvalue weighted by atomic mass is 16.4. The largest absolute Gasteiger partial charge is 0.481 e. The van der Waals surface area contributed by atoms with Gasteiger partial charge in [0.25, 0.3) is 0 Å². The van der Waals surface area contributed by atoms with Crippen LogP contribution < -0.4 is 5.73 Å². The summed E-state index contributed by atoms with van der Waals surface area (Å²) in [4.78, 5) is 37.6. The second-order valence-corrected chi connectivity index (χ2v) is 14.5. The summed E-state index contributed by atoms with van der Waals surface area (Å²) in [7, 11) is 0. The topological polar surface area (TPSA) is 101 Å². The van der Waals surface area contributed by atoms with Gasteiger partial charge < -0.3 is 10.8 Å². The van der Waals surface area contributed by atoms with E-state index in [1.165, 1.54) is 32.7 Å². The minimum atomic E-state index is -0.727. The van der Waals surface area contributed by atoms with Crippen molar-refractivity contribution in [3.05, 3.63) is 120 Å². The molecule has 0 saturated carbocycles. The maximum atomic E-state index is 12.8. The summed E-state index contributed by atoms with van der Waals surface area (Å²) in [5, 5.41) is 8.87. The molecule has 1 saturated heterocycles. The highest BCUT2D eigenvalue weighted by Gasteiger charge is 2.43. The first-order valence-corrected chi connectivity index (χ1v) is 17.5. The standard InChI is InChI=1S/C23H27NO2.C20H25NO2/c1-16-14-20(24(21(16)25)22(26)23(2,3)4)15-17-10-12-19(13-11-17)18-8-6-5-7-9-18;1-15(20(22)23)6-5-9-19(21)14-16-10-12-18(13-11-16)17-7-3-2-4-8-17/h5-13,16,20H,14-15H2,1-4H3;2-4,7-8,10-13,15,19H,5-6,9,14,21H2,1H3,(H,22,23)/t16?,20-;15-,19?/m01/s1. The first kappa shape index (κ1) is 37.3. The first-order chi connectivity index (χ1) is 23.3. The highest BCUT2D eigenvalue weighted by Crippen LogP contribution is 2.32. The summed E-state index contributed by atoms with van der Waals surface area (Å²) in [6, 6.07) is 37.5. The van der Waals surface area contributed by atoms with Gasteiger partial charge in [-0.15, -0.1) is 0 Å². The molecule has 6 heteroatoms. The summed E-state index contributed by atoms with van der Waals surface area (Å²) in [5.41, 5.74) is 12.8. The molecule has 0 aliphatic carbocycles. The van der Waals surface area contributed by atoms with E-state index in [-0.39, 0.29) is 35.7 Å². The normalized spacial score (nSPS) is 17.2. The second kappa shape index (κ2) is 17.2. The number of rotatable bonds is 11. The fourth-order valence-electron chi connectivity index (χ4n) is 6.25. The number of carboxylic acids is 1. The molecular formula is C43H52N2O4. The van der Waals surface area contributed by atoms with Gasteiger partial charge >= 0.3 is 5.97 Å². The second-order valence-electron chi connectivity index (χ2n) is 14.5. The lowest BCUT2D eigenvalue weighted by atomic mass is 9.93. The Morgan fingerprint density at radius 2 is 1.24 bits per heavy atom. The van der Waals surface area contributed by atoms with Crippen LogP contribution in [-0.2, 0) is 27.2 Å². The summed E-state index contributed by atoms with van der Waals surface area (Å²) < 4.78 is 0. The van der Waals surface area contributed by atoms with Gasteiger partial charge in [0.2, 0.25) is 11.8 Å². The van der Waals surface area contributed by atoms with Crippen LogP contribution in [0.5, 0.6) is 0 Å². The van der Waals surface area contributed by atoms with Crippen molar-refractivity contribution < 1.29 is 19.5 Å². The molecule has 258 valence electrons. The smallest absolute Gasteiger partial charge is 0.306 e. The highest BCUT2D eigenvalue weighted by molar-refractivity contribution is 6.00. The van der Waals surface area contributed by atoms with Crippen molar-refractivity contribution in [1.29, 1.82) is 0 Å². The molecule has 0 radical (unpaired) electrons. The number of hydrogen-bond donors (Lipinski definition) is 2. The SMILES string of the molecule is CC1C[C@@H](Cc2ccc(-c3ccccc3)cc2)N(C(=O)C(C)(C)C)C1=O.C[C@H](CCCC(N)Cc1ccc(-c2ccccc2)cc1)C(=O)O. The quantitative estimate of drug-likeness (QED) is 0.167. The van der Waals surface area contributed by atoms with Gasteiger partial charge in [-0.25, -0.2) is 0 Å².